The second-order valence-corrected chi connectivity index (χ2v) is 6.89. The molecule has 2 rings (SSSR count). The molecule has 1 aromatic rings. The number of carbonyl (C=O) groups is 2. The Labute approximate surface area is 142 Å². The van der Waals surface area contributed by atoms with Gasteiger partial charge in [-0.25, -0.2) is 14.8 Å². The highest BCUT2D eigenvalue weighted by atomic mass is 16.6. The first kappa shape index (κ1) is 18.0. The Morgan fingerprint density at radius 3 is 2.58 bits per heavy atom. The summed E-state index contributed by atoms with van der Waals surface area (Å²) in [5, 5.41) is 7.24. The molecular weight excluding hydrogens is 308 g/mol. The van der Waals surface area contributed by atoms with Gasteiger partial charge in [0.1, 0.15) is 5.69 Å². The van der Waals surface area contributed by atoms with E-state index >= 15 is 0 Å². The van der Waals surface area contributed by atoms with Gasteiger partial charge in [0.25, 0.3) is 5.91 Å². The van der Waals surface area contributed by atoms with Crippen LogP contribution in [0.3, 0.4) is 0 Å². The highest BCUT2D eigenvalue weighted by Gasteiger charge is 2.34. The zero-order chi connectivity index (χ0) is 17.9. The third kappa shape index (κ3) is 3.77. The molecule has 0 unspecified atom stereocenters. The van der Waals surface area contributed by atoms with Crippen LogP contribution < -0.4 is 0 Å². The molecule has 1 aromatic heterocycles. The van der Waals surface area contributed by atoms with Crippen LogP contribution in [0, 0.1) is 0 Å². The van der Waals surface area contributed by atoms with E-state index in [1.807, 2.05) is 20.8 Å². The van der Waals surface area contributed by atoms with Crippen molar-refractivity contribution < 1.29 is 14.3 Å². The van der Waals surface area contributed by atoms with Crippen molar-refractivity contribution in [1.29, 1.82) is 0 Å². The number of nitrogens with zero attached hydrogens (tertiary/aromatic N) is 4. The lowest BCUT2D eigenvalue weighted by Gasteiger charge is -2.26. The fourth-order valence-electron chi connectivity index (χ4n) is 2.48. The highest BCUT2D eigenvalue weighted by molar-refractivity contribution is 5.93. The van der Waals surface area contributed by atoms with Crippen molar-refractivity contribution in [2.45, 2.75) is 39.0 Å². The van der Waals surface area contributed by atoms with Crippen molar-refractivity contribution in [1.82, 2.24) is 19.8 Å². The minimum absolute atomic E-state index is 0.148. The van der Waals surface area contributed by atoms with Crippen LogP contribution in [0.4, 0.5) is 4.79 Å². The Hall–Kier alpha value is -2.31. The van der Waals surface area contributed by atoms with Crippen molar-refractivity contribution in [2.75, 3.05) is 19.7 Å². The number of hydrogen-bond acceptors (Lipinski definition) is 4. The fraction of sp³-hybridized carbons (Fsp3) is 0.588. The molecule has 1 fully saturated rings. The molecule has 1 aliphatic rings. The molecule has 0 N–H and O–H groups in total. The Bertz CT molecular complexity index is 630. The van der Waals surface area contributed by atoms with Crippen molar-refractivity contribution in [3.05, 3.63) is 30.1 Å². The second-order valence-electron chi connectivity index (χ2n) is 6.89. The fourth-order valence-corrected chi connectivity index (χ4v) is 2.48. The van der Waals surface area contributed by atoms with Gasteiger partial charge in [-0.05, 0) is 18.9 Å². The number of carbonyl (C=O) groups excluding carboxylic acids is 2. The number of hydrogen-bond donors (Lipinski definition) is 0. The average molecular weight is 334 g/mol. The first-order valence-corrected chi connectivity index (χ1v) is 8.17. The maximum absolute atomic E-state index is 12.9. The average Bonchev–Trinajstić information content (AvgIpc) is 3.12. The van der Waals surface area contributed by atoms with Gasteiger partial charge < -0.3 is 4.74 Å². The Balaban J connectivity index is 2.15. The maximum Gasteiger partial charge on any atom is 0.428 e. The van der Waals surface area contributed by atoms with E-state index in [2.05, 4.69) is 11.7 Å². The van der Waals surface area contributed by atoms with Crippen molar-refractivity contribution in [3.63, 3.8) is 0 Å². The van der Waals surface area contributed by atoms with Gasteiger partial charge in [-0.1, -0.05) is 26.8 Å². The number of aryl methyl sites for hydroxylation is 1. The first-order valence-electron chi connectivity index (χ1n) is 8.17. The molecule has 0 bridgehead atoms. The summed E-state index contributed by atoms with van der Waals surface area (Å²) in [7, 11) is 1.74. The summed E-state index contributed by atoms with van der Waals surface area (Å²) in [6, 6.07) is 1.79. The van der Waals surface area contributed by atoms with Gasteiger partial charge in [-0.15, -0.1) is 6.58 Å². The quantitative estimate of drug-likeness (QED) is 0.627. The van der Waals surface area contributed by atoms with Crippen LogP contribution in [0.15, 0.2) is 18.7 Å². The lowest BCUT2D eigenvalue weighted by Crippen LogP contribution is -2.45. The summed E-state index contributed by atoms with van der Waals surface area (Å²) in [6.45, 7) is 11.0. The van der Waals surface area contributed by atoms with E-state index in [0.717, 1.165) is 12.1 Å². The zero-order valence-corrected chi connectivity index (χ0v) is 14.9. The van der Waals surface area contributed by atoms with Gasteiger partial charge >= 0.3 is 6.09 Å². The van der Waals surface area contributed by atoms with Gasteiger partial charge in [0, 0.05) is 25.6 Å². The van der Waals surface area contributed by atoms with Gasteiger partial charge in [-0.3, -0.25) is 9.48 Å². The highest BCUT2D eigenvalue weighted by Crippen LogP contribution is 2.23. The number of ether oxygens (including phenoxy) is 1. The van der Waals surface area contributed by atoms with E-state index in [-0.39, 0.29) is 17.9 Å². The molecule has 7 heteroatoms. The van der Waals surface area contributed by atoms with Crippen LogP contribution in [-0.2, 0) is 17.2 Å². The summed E-state index contributed by atoms with van der Waals surface area (Å²) in [5.74, 6) is -0.237. The van der Waals surface area contributed by atoms with E-state index in [1.165, 1.54) is 10.0 Å². The Morgan fingerprint density at radius 1 is 1.33 bits per heavy atom. The van der Waals surface area contributed by atoms with Crippen LogP contribution >= 0.6 is 0 Å². The summed E-state index contributed by atoms with van der Waals surface area (Å²) in [5.41, 5.74) is 1.16. The third-order valence-corrected chi connectivity index (χ3v) is 3.89. The monoisotopic (exact) mass is 334 g/mol. The summed E-state index contributed by atoms with van der Waals surface area (Å²) in [4.78, 5) is 25.0. The van der Waals surface area contributed by atoms with Crippen LogP contribution in [0.2, 0.25) is 0 Å². The molecule has 1 aliphatic heterocycles. The number of hydrazine groups is 1. The van der Waals surface area contributed by atoms with Crippen LogP contribution in [0.5, 0.6) is 0 Å². The molecule has 0 aromatic carbocycles. The van der Waals surface area contributed by atoms with Crippen molar-refractivity contribution in [2.24, 2.45) is 7.05 Å². The molecule has 24 heavy (non-hydrogen) atoms. The van der Waals surface area contributed by atoms with Gasteiger partial charge in [0.2, 0.25) is 0 Å². The minimum Gasteiger partial charge on any atom is -0.448 e. The molecule has 0 aliphatic carbocycles. The molecule has 0 spiro atoms. The lowest BCUT2D eigenvalue weighted by atomic mass is 9.92. The normalized spacial score (nSPS) is 14.8. The molecule has 0 saturated carbocycles. The first-order chi connectivity index (χ1) is 11.3. The molecule has 2 heterocycles. The molecule has 132 valence electrons. The van der Waals surface area contributed by atoms with Gasteiger partial charge in [0.15, 0.2) is 0 Å². The van der Waals surface area contributed by atoms with E-state index < -0.39 is 6.09 Å². The molecule has 7 nitrogen and oxygen atoms in total. The van der Waals surface area contributed by atoms with Crippen LogP contribution in [-0.4, -0.2) is 51.5 Å². The van der Waals surface area contributed by atoms with Gasteiger partial charge in [-0.2, -0.15) is 5.10 Å². The van der Waals surface area contributed by atoms with Crippen LogP contribution in [0.25, 0.3) is 0 Å². The summed E-state index contributed by atoms with van der Waals surface area (Å²) < 4.78 is 6.74. The van der Waals surface area contributed by atoms with Crippen molar-refractivity contribution >= 4 is 12.0 Å². The standard InChI is InChI=1S/C17H26N4O3/c1-6-7-11-24-16(23)21-10-8-9-20(21)15(22)13-12-14(17(2,3)4)18-19(13)5/h6,12H,1,7-11H2,2-5H3. The Kier molecular flexibility index (Phi) is 5.31. The van der Waals surface area contributed by atoms with Gasteiger partial charge in [0.05, 0.1) is 12.3 Å². The number of aromatic nitrogens is 2. The molecule has 2 amide bonds. The smallest absolute Gasteiger partial charge is 0.428 e. The summed E-state index contributed by atoms with van der Waals surface area (Å²) in [6.07, 6.45) is 2.50. The van der Waals surface area contributed by atoms with E-state index in [4.69, 9.17) is 4.74 Å². The van der Waals surface area contributed by atoms with E-state index in [9.17, 15) is 9.59 Å². The van der Waals surface area contributed by atoms with Crippen molar-refractivity contribution in [3.8, 4) is 0 Å². The number of amides is 2. The zero-order valence-electron chi connectivity index (χ0n) is 14.9. The molecule has 0 radical (unpaired) electrons. The van der Waals surface area contributed by atoms with E-state index in [0.29, 0.717) is 25.2 Å². The van der Waals surface area contributed by atoms with Crippen LogP contribution in [0.1, 0.15) is 49.8 Å². The lowest BCUT2D eigenvalue weighted by molar-refractivity contribution is 0.0129. The minimum atomic E-state index is -0.499. The van der Waals surface area contributed by atoms with E-state index in [1.54, 1.807) is 23.9 Å². The molecular formula is C17H26N4O3. The molecule has 1 saturated heterocycles. The largest absolute Gasteiger partial charge is 0.448 e. The third-order valence-electron chi connectivity index (χ3n) is 3.89. The number of rotatable bonds is 4. The molecule has 0 atom stereocenters. The Morgan fingerprint density at radius 2 is 2.00 bits per heavy atom. The second kappa shape index (κ2) is 7.07. The predicted octanol–water partition coefficient (Wildman–Crippen LogP) is 2.49. The topological polar surface area (TPSA) is 67.7 Å². The SMILES string of the molecule is C=CCCOC(=O)N1CCCN1C(=O)c1cc(C(C)(C)C)nn1C. The maximum atomic E-state index is 12.9. The predicted molar refractivity (Wildman–Crippen MR) is 90.4 cm³/mol. The summed E-state index contributed by atoms with van der Waals surface area (Å²) >= 11 is 0.